The molecule has 0 spiro atoms. The summed E-state index contributed by atoms with van der Waals surface area (Å²) in [6.45, 7) is 1.68. The molecule has 0 bridgehead atoms. The molecule has 0 fully saturated rings. The lowest BCUT2D eigenvalue weighted by molar-refractivity contribution is -0.384. The molecule has 0 aliphatic carbocycles. The van der Waals surface area contributed by atoms with Crippen molar-refractivity contribution in [1.82, 2.24) is 0 Å². The van der Waals surface area contributed by atoms with Gasteiger partial charge in [-0.1, -0.05) is 42.1 Å². The van der Waals surface area contributed by atoms with E-state index in [-0.39, 0.29) is 39.3 Å². The zero-order valence-electron chi connectivity index (χ0n) is 18.3. The fourth-order valence-electron chi connectivity index (χ4n) is 3.27. The Hall–Kier alpha value is -4.44. The minimum Gasteiger partial charge on any atom is -0.506 e. The Morgan fingerprint density at radius 2 is 1.83 bits per heavy atom. The average Bonchev–Trinajstić information content (AvgIpc) is 3.44. The molecule has 9 nitrogen and oxygen atoms in total. The number of para-hydroxylation sites is 1. The Bertz CT molecular complexity index is 1400. The second-order valence-electron chi connectivity index (χ2n) is 7.12. The first kappa shape index (κ1) is 23.7. The lowest BCUT2D eigenvalue weighted by Gasteiger charge is -2.03. The maximum Gasteiger partial charge on any atom is 0.344 e. The number of esters is 1. The van der Waals surface area contributed by atoms with Crippen LogP contribution in [0.15, 0.2) is 92.4 Å². The number of ether oxygens (including phenoxy) is 1. The van der Waals surface area contributed by atoms with Crippen LogP contribution in [0.5, 0.6) is 0 Å². The molecular weight excluding hydrogens is 472 g/mol. The molecule has 1 aliphatic rings. The molecule has 0 unspecified atom stereocenters. The topological polar surface area (TPSA) is 132 Å². The van der Waals surface area contributed by atoms with E-state index in [1.807, 2.05) is 0 Å². The predicted octanol–water partition coefficient (Wildman–Crippen LogP) is 5.56. The van der Waals surface area contributed by atoms with Crippen LogP contribution in [0.4, 0.5) is 5.69 Å². The summed E-state index contributed by atoms with van der Waals surface area (Å²) in [5, 5.41) is 22.1. The highest BCUT2D eigenvalue weighted by molar-refractivity contribution is 8.18. The molecule has 2 heterocycles. The number of amides is 1. The van der Waals surface area contributed by atoms with Crippen LogP contribution < -0.4 is 0 Å². The van der Waals surface area contributed by atoms with Gasteiger partial charge in [-0.3, -0.25) is 14.9 Å². The molecule has 0 atom stereocenters. The van der Waals surface area contributed by atoms with Gasteiger partial charge in [0.25, 0.3) is 11.6 Å². The van der Waals surface area contributed by atoms with Crippen LogP contribution in [0, 0.1) is 10.1 Å². The summed E-state index contributed by atoms with van der Waals surface area (Å²) in [5.41, 5.74) is 0.278. The molecule has 2 aromatic carbocycles. The van der Waals surface area contributed by atoms with Crippen molar-refractivity contribution in [3.63, 3.8) is 0 Å². The molecule has 1 N–H and O–H groups in total. The zero-order valence-corrected chi connectivity index (χ0v) is 19.2. The van der Waals surface area contributed by atoms with Crippen molar-refractivity contribution in [2.75, 3.05) is 6.61 Å². The Morgan fingerprint density at radius 1 is 1.11 bits per heavy atom. The van der Waals surface area contributed by atoms with Gasteiger partial charge in [0.05, 0.1) is 22.0 Å². The third-order valence-corrected chi connectivity index (χ3v) is 5.88. The third-order valence-electron chi connectivity index (χ3n) is 4.86. The van der Waals surface area contributed by atoms with Crippen molar-refractivity contribution < 1.29 is 28.8 Å². The third kappa shape index (κ3) is 5.07. The van der Waals surface area contributed by atoms with Gasteiger partial charge in [0, 0.05) is 11.6 Å². The standard InChI is InChI=1S/C25H18N2O7S/c1-2-33-25(30)21-22(28)20(35-24(21)26-23(29)15-8-4-3-5-9-15)14-16-12-13-19(34-16)17-10-6-7-11-18(17)27(31)32/h3-14,28H,2H2,1H3. The first-order valence-electron chi connectivity index (χ1n) is 10.4. The SMILES string of the molecule is CCOC(=O)C1=C(O)C(=Cc2ccc(-c3ccccc3[N+](=O)[O-])o2)SC1=NC(=O)c1ccccc1. The van der Waals surface area contributed by atoms with Gasteiger partial charge in [0.15, 0.2) is 0 Å². The molecule has 0 saturated carbocycles. The van der Waals surface area contributed by atoms with Crippen LogP contribution in [-0.4, -0.2) is 33.6 Å². The second kappa shape index (κ2) is 10.2. The molecule has 176 valence electrons. The molecule has 3 aromatic rings. The maximum absolute atomic E-state index is 12.6. The Balaban J connectivity index is 1.70. The molecular formula is C25H18N2O7S. The molecule has 4 rings (SSSR count). The normalized spacial score (nSPS) is 15.6. The minimum absolute atomic E-state index is 0.00784. The van der Waals surface area contributed by atoms with E-state index in [9.17, 15) is 24.8 Å². The number of aliphatic hydroxyl groups is 1. The van der Waals surface area contributed by atoms with E-state index in [1.54, 1.807) is 67.6 Å². The van der Waals surface area contributed by atoms with E-state index in [0.717, 1.165) is 11.8 Å². The van der Waals surface area contributed by atoms with Gasteiger partial charge in [-0.15, -0.1) is 0 Å². The Labute approximate surface area is 203 Å². The molecule has 0 radical (unpaired) electrons. The summed E-state index contributed by atoms with van der Waals surface area (Å²) in [6, 6.07) is 17.6. The molecule has 1 amide bonds. The van der Waals surface area contributed by atoms with E-state index in [2.05, 4.69) is 4.99 Å². The molecule has 1 aliphatic heterocycles. The number of nitro benzene ring substituents is 1. The highest BCUT2D eigenvalue weighted by Gasteiger charge is 2.34. The van der Waals surface area contributed by atoms with E-state index in [0.29, 0.717) is 11.1 Å². The van der Waals surface area contributed by atoms with Crippen molar-refractivity contribution in [3.8, 4) is 11.3 Å². The number of carbonyl (C=O) groups excluding carboxylic acids is 2. The summed E-state index contributed by atoms with van der Waals surface area (Å²) in [5.74, 6) is -1.28. The highest BCUT2D eigenvalue weighted by atomic mass is 32.2. The number of thioether (sulfide) groups is 1. The van der Waals surface area contributed by atoms with Crippen molar-refractivity contribution in [2.45, 2.75) is 6.92 Å². The number of benzene rings is 2. The largest absolute Gasteiger partial charge is 0.506 e. The van der Waals surface area contributed by atoms with Crippen molar-refractivity contribution >= 4 is 40.4 Å². The van der Waals surface area contributed by atoms with Gasteiger partial charge < -0.3 is 14.3 Å². The Kier molecular flexibility index (Phi) is 6.93. The number of aliphatic imine (C=N–C) groups is 1. The summed E-state index contributed by atoms with van der Waals surface area (Å²) in [4.78, 5) is 40.2. The lowest BCUT2D eigenvalue weighted by Crippen LogP contribution is -2.14. The number of nitrogens with zero attached hydrogens (tertiary/aromatic N) is 2. The molecule has 0 saturated heterocycles. The number of nitro groups is 1. The van der Waals surface area contributed by atoms with Crippen molar-refractivity contribution in [2.24, 2.45) is 4.99 Å². The van der Waals surface area contributed by atoms with Crippen LogP contribution >= 0.6 is 11.8 Å². The second-order valence-corrected chi connectivity index (χ2v) is 8.15. The minimum atomic E-state index is -0.819. The van der Waals surface area contributed by atoms with Crippen LogP contribution in [0.25, 0.3) is 17.4 Å². The van der Waals surface area contributed by atoms with Crippen molar-refractivity contribution in [1.29, 1.82) is 0 Å². The predicted molar refractivity (Wildman–Crippen MR) is 131 cm³/mol. The number of aliphatic hydroxyl groups excluding tert-OH is 1. The first-order valence-corrected chi connectivity index (χ1v) is 11.2. The Morgan fingerprint density at radius 3 is 2.54 bits per heavy atom. The molecule has 1 aromatic heterocycles. The van der Waals surface area contributed by atoms with Crippen LogP contribution in [0.2, 0.25) is 0 Å². The summed E-state index contributed by atoms with van der Waals surface area (Å²) in [6.07, 6.45) is 1.45. The summed E-state index contributed by atoms with van der Waals surface area (Å²) in [7, 11) is 0. The summed E-state index contributed by atoms with van der Waals surface area (Å²) >= 11 is 0.909. The fourth-order valence-corrected chi connectivity index (χ4v) is 4.27. The van der Waals surface area contributed by atoms with Gasteiger partial charge in [0.1, 0.15) is 27.9 Å². The molecule has 10 heteroatoms. The number of hydrogen-bond donors (Lipinski definition) is 1. The zero-order chi connectivity index (χ0) is 24.9. The summed E-state index contributed by atoms with van der Waals surface area (Å²) < 4.78 is 10.8. The van der Waals surface area contributed by atoms with E-state index in [1.165, 1.54) is 12.1 Å². The molecule has 35 heavy (non-hydrogen) atoms. The van der Waals surface area contributed by atoms with Gasteiger partial charge in [-0.25, -0.2) is 9.79 Å². The lowest BCUT2D eigenvalue weighted by atomic mass is 10.1. The monoisotopic (exact) mass is 490 g/mol. The van der Waals surface area contributed by atoms with Crippen LogP contribution in [0.3, 0.4) is 0 Å². The van der Waals surface area contributed by atoms with Gasteiger partial charge in [0.2, 0.25) is 0 Å². The van der Waals surface area contributed by atoms with Crippen LogP contribution in [0.1, 0.15) is 23.0 Å². The first-order chi connectivity index (χ1) is 16.9. The number of furan rings is 1. The van der Waals surface area contributed by atoms with E-state index < -0.39 is 22.6 Å². The maximum atomic E-state index is 12.6. The smallest absolute Gasteiger partial charge is 0.344 e. The van der Waals surface area contributed by atoms with Gasteiger partial charge in [-0.05, 0) is 43.3 Å². The van der Waals surface area contributed by atoms with E-state index in [4.69, 9.17) is 9.15 Å². The van der Waals surface area contributed by atoms with Gasteiger partial charge in [-0.2, -0.15) is 0 Å². The number of rotatable bonds is 6. The highest BCUT2D eigenvalue weighted by Crippen LogP contribution is 2.40. The van der Waals surface area contributed by atoms with Gasteiger partial charge >= 0.3 is 5.97 Å². The number of carbonyl (C=O) groups is 2. The van der Waals surface area contributed by atoms with E-state index >= 15 is 0 Å². The fraction of sp³-hybridized carbons (Fsp3) is 0.0800. The number of hydrogen-bond acceptors (Lipinski definition) is 8. The van der Waals surface area contributed by atoms with Crippen LogP contribution in [-0.2, 0) is 9.53 Å². The van der Waals surface area contributed by atoms with Crippen molar-refractivity contribution in [3.05, 3.63) is 104 Å². The quantitative estimate of drug-likeness (QED) is 0.270. The average molecular weight is 490 g/mol.